The van der Waals surface area contributed by atoms with Crippen molar-refractivity contribution in [1.82, 2.24) is 9.88 Å². The van der Waals surface area contributed by atoms with Crippen LogP contribution in [-0.4, -0.2) is 36.6 Å². The molecule has 0 aliphatic rings. The van der Waals surface area contributed by atoms with Crippen molar-refractivity contribution in [3.8, 4) is 17.2 Å². The molecule has 0 saturated heterocycles. The fourth-order valence-corrected chi connectivity index (χ4v) is 3.64. The van der Waals surface area contributed by atoms with Gasteiger partial charge in [-0.05, 0) is 55.0 Å². The standard InChI is InChI=1S/C23H26N2O4S/c1-4-13-25(23(26)17-5-7-19(27-2)8-6-17)14-18-16-30-22(24-18)15-29-21-11-9-20(28-3)10-12-21/h5-12,16H,4,13-15H2,1-3H3. The van der Waals surface area contributed by atoms with Crippen LogP contribution in [0, 0.1) is 0 Å². The molecule has 0 aliphatic heterocycles. The summed E-state index contributed by atoms with van der Waals surface area (Å²) in [5.41, 5.74) is 1.51. The summed E-state index contributed by atoms with van der Waals surface area (Å²) in [6, 6.07) is 14.6. The fourth-order valence-electron chi connectivity index (χ4n) is 2.94. The first-order valence-corrected chi connectivity index (χ1v) is 10.6. The summed E-state index contributed by atoms with van der Waals surface area (Å²) in [5.74, 6) is 2.27. The molecule has 3 aromatic rings. The molecular formula is C23H26N2O4S. The third kappa shape index (κ3) is 5.73. The molecule has 2 aromatic carbocycles. The Morgan fingerprint density at radius 1 is 0.967 bits per heavy atom. The minimum absolute atomic E-state index is 0.0106. The minimum Gasteiger partial charge on any atom is -0.497 e. The molecule has 0 spiro atoms. The summed E-state index contributed by atoms with van der Waals surface area (Å²) in [7, 11) is 3.24. The lowest BCUT2D eigenvalue weighted by Crippen LogP contribution is -2.31. The van der Waals surface area contributed by atoms with E-state index in [0.717, 1.165) is 34.4 Å². The first kappa shape index (κ1) is 21.6. The number of thiazole rings is 1. The van der Waals surface area contributed by atoms with Gasteiger partial charge in [-0.25, -0.2) is 4.98 Å². The number of carbonyl (C=O) groups excluding carboxylic acids is 1. The molecule has 0 fully saturated rings. The number of rotatable bonds is 10. The molecule has 0 N–H and O–H groups in total. The molecular weight excluding hydrogens is 400 g/mol. The Hall–Kier alpha value is -3.06. The number of carbonyl (C=O) groups is 1. The molecule has 1 amide bonds. The van der Waals surface area contributed by atoms with E-state index in [1.807, 2.05) is 34.5 Å². The lowest BCUT2D eigenvalue weighted by atomic mass is 10.2. The molecule has 7 heteroatoms. The van der Waals surface area contributed by atoms with E-state index in [1.54, 1.807) is 38.5 Å². The van der Waals surface area contributed by atoms with Crippen molar-refractivity contribution < 1.29 is 19.0 Å². The Bertz CT molecular complexity index is 939. The Balaban J connectivity index is 1.61. The maximum absolute atomic E-state index is 12.9. The molecule has 158 valence electrons. The van der Waals surface area contributed by atoms with Gasteiger partial charge < -0.3 is 19.1 Å². The van der Waals surface area contributed by atoms with Crippen molar-refractivity contribution >= 4 is 17.2 Å². The van der Waals surface area contributed by atoms with Crippen LogP contribution in [0.5, 0.6) is 17.2 Å². The number of amides is 1. The zero-order chi connectivity index (χ0) is 21.3. The Kier molecular flexibility index (Phi) is 7.68. The van der Waals surface area contributed by atoms with Crippen LogP contribution in [0.1, 0.15) is 34.4 Å². The van der Waals surface area contributed by atoms with Crippen molar-refractivity contribution in [3.05, 3.63) is 70.2 Å². The highest BCUT2D eigenvalue weighted by molar-refractivity contribution is 7.09. The van der Waals surface area contributed by atoms with Crippen molar-refractivity contribution in [3.63, 3.8) is 0 Å². The van der Waals surface area contributed by atoms with E-state index in [4.69, 9.17) is 14.2 Å². The molecule has 1 heterocycles. The van der Waals surface area contributed by atoms with E-state index in [1.165, 1.54) is 11.3 Å². The number of hydrogen-bond donors (Lipinski definition) is 0. The normalized spacial score (nSPS) is 10.5. The SMILES string of the molecule is CCCN(Cc1csc(COc2ccc(OC)cc2)n1)C(=O)c1ccc(OC)cc1. The molecule has 3 rings (SSSR count). The Morgan fingerprint density at radius 2 is 1.57 bits per heavy atom. The monoisotopic (exact) mass is 426 g/mol. The van der Waals surface area contributed by atoms with Gasteiger partial charge in [-0.1, -0.05) is 6.92 Å². The van der Waals surface area contributed by atoms with Crippen molar-refractivity contribution in [2.75, 3.05) is 20.8 Å². The molecule has 0 unspecified atom stereocenters. The molecule has 30 heavy (non-hydrogen) atoms. The maximum atomic E-state index is 12.9. The smallest absolute Gasteiger partial charge is 0.254 e. The van der Waals surface area contributed by atoms with E-state index in [0.29, 0.717) is 25.3 Å². The van der Waals surface area contributed by atoms with Gasteiger partial charge in [0.05, 0.1) is 26.5 Å². The first-order valence-electron chi connectivity index (χ1n) is 9.76. The van der Waals surface area contributed by atoms with E-state index in [-0.39, 0.29) is 5.91 Å². The molecule has 0 atom stereocenters. The number of benzene rings is 2. The number of ether oxygens (including phenoxy) is 3. The highest BCUT2D eigenvalue weighted by Gasteiger charge is 2.17. The van der Waals surface area contributed by atoms with Gasteiger partial charge in [-0.2, -0.15) is 0 Å². The number of nitrogens with zero attached hydrogens (tertiary/aromatic N) is 2. The summed E-state index contributed by atoms with van der Waals surface area (Å²) in [6.07, 6.45) is 0.874. The van der Waals surface area contributed by atoms with Crippen LogP contribution in [0.2, 0.25) is 0 Å². The third-order valence-corrected chi connectivity index (χ3v) is 5.36. The van der Waals surface area contributed by atoms with Crippen LogP contribution in [0.25, 0.3) is 0 Å². The van der Waals surface area contributed by atoms with Crippen molar-refractivity contribution in [2.45, 2.75) is 26.5 Å². The highest BCUT2D eigenvalue weighted by Crippen LogP contribution is 2.20. The van der Waals surface area contributed by atoms with E-state index in [2.05, 4.69) is 11.9 Å². The molecule has 1 aromatic heterocycles. The van der Waals surface area contributed by atoms with E-state index in [9.17, 15) is 4.79 Å². The van der Waals surface area contributed by atoms with Crippen LogP contribution >= 0.6 is 11.3 Å². The summed E-state index contributed by atoms with van der Waals surface area (Å²) < 4.78 is 16.1. The van der Waals surface area contributed by atoms with Gasteiger partial charge in [0.2, 0.25) is 0 Å². The molecule has 6 nitrogen and oxygen atoms in total. The lowest BCUT2D eigenvalue weighted by Gasteiger charge is -2.21. The average molecular weight is 427 g/mol. The van der Waals surface area contributed by atoms with Gasteiger partial charge in [-0.15, -0.1) is 11.3 Å². The highest BCUT2D eigenvalue weighted by atomic mass is 32.1. The molecule has 0 radical (unpaired) electrons. The largest absolute Gasteiger partial charge is 0.497 e. The Labute approximate surface area is 181 Å². The first-order chi connectivity index (χ1) is 14.6. The van der Waals surface area contributed by atoms with Crippen LogP contribution in [0.4, 0.5) is 0 Å². The van der Waals surface area contributed by atoms with E-state index < -0.39 is 0 Å². The van der Waals surface area contributed by atoms with Gasteiger partial charge >= 0.3 is 0 Å². The van der Waals surface area contributed by atoms with Gasteiger partial charge in [-0.3, -0.25) is 4.79 Å². The zero-order valence-corrected chi connectivity index (χ0v) is 18.3. The zero-order valence-electron chi connectivity index (χ0n) is 17.5. The molecule has 0 bridgehead atoms. The van der Waals surface area contributed by atoms with Crippen LogP contribution < -0.4 is 14.2 Å². The second kappa shape index (κ2) is 10.6. The second-order valence-corrected chi connectivity index (χ2v) is 7.59. The average Bonchev–Trinajstić information content (AvgIpc) is 3.24. The fraction of sp³-hybridized carbons (Fsp3) is 0.304. The quantitative estimate of drug-likeness (QED) is 0.466. The number of hydrogen-bond acceptors (Lipinski definition) is 6. The molecule has 0 saturated carbocycles. The summed E-state index contributed by atoms with van der Waals surface area (Å²) in [5, 5.41) is 2.85. The number of aromatic nitrogens is 1. The topological polar surface area (TPSA) is 60.9 Å². The van der Waals surface area contributed by atoms with E-state index >= 15 is 0 Å². The van der Waals surface area contributed by atoms with Crippen molar-refractivity contribution in [2.24, 2.45) is 0 Å². The predicted octanol–water partition coefficient (Wildman–Crippen LogP) is 4.79. The predicted molar refractivity (Wildman–Crippen MR) is 117 cm³/mol. The third-order valence-electron chi connectivity index (χ3n) is 4.49. The molecule has 0 aliphatic carbocycles. The summed E-state index contributed by atoms with van der Waals surface area (Å²) >= 11 is 1.53. The second-order valence-electron chi connectivity index (χ2n) is 6.65. The summed E-state index contributed by atoms with van der Waals surface area (Å²) in [4.78, 5) is 19.4. The van der Waals surface area contributed by atoms with Crippen LogP contribution in [-0.2, 0) is 13.2 Å². The maximum Gasteiger partial charge on any atom is 0.254 e. The summed E-state index contributed by atoms with van der Waals surface area (Å²) in [6.45, 7) is 3.58. The minimum atomic E-state index is -0.0106. The van der Waals surface area contributed by atoms with Gasteiger partial charge in [0.25, 0.3) is 5.91 Å². The van der Waals surface area contributed by atoms with Crippen LogP contribution in [0.3, 0.4) is 0 Å². The van der Waals surface area contributed by atoms with Gasteiger partial charge in [0, 0.05) is 17.5 Å². The number of methoxy groups -OCH3 is 2. The Morgan fingerprint density at radius 3 is 2.17 bits per heavy atom. The lowest BCUT2D eigenvalue weighted by molar-refractivity contribution is 0.0741. The van der Waals surface area contributed by atoms with Gasteiger partial charge in [0.15, 0.2) is 0 Å². The van der Waals surface area contributed by atoms with Gasteiger partial charge in [0.1, 0.15) is 28.9 Å². The van der Waals surface area contributed by atoms with Crippen molar-refractivity contribution in [1.29, 1.82) is 0 Å². The van der Waals surface area contributed by atoms with Crippen LogP contribution in [0.15, 0.2) is 53.9 Å².